The molecule has 2 amide bonds. The largest absolute Gasteiger partial charge is 0.481 e. The molecule has 1 aromatic carbocycles. The molecule has 1 rings (SSSR count). The lowest BCUT2D eigenvalue weighted by Crippen LogP contribution is -2.32. The minimum absolute atomic E-state index is 0.0716. The van der Waals surface area contributed by atoms with Crippen LogP contribution in [-0.4, -0.2) is 35.6 Å². The Bertz CT molecular complexity index is 486. The van der Waals surface area contributed by atoms with Gasteiger partial charge in [0.15, 0.2) is 0 Å². The zero-order chi connectivity index (χ0) is 15.1. The molecule has 0 unspecified atom stereocenters. The van der Waals surface area contributed by atoms with Gasteiger partial charge in [0.2, 0.25) is 0 Å². The van der Waals surface area contributed by atoms with Gasteiger partial charge in [0, 0.05) is 25.7 Å². The number of urea groups is 1. The van der Waals surface area contributed by atoms with Crippen molar-refractivity contribution in [2.24, 2.45) is 0 Å². The number of para-hydroxylation sites is 1. The fourth-order valence-electron chi connectivity index (χ4n) is 1.97. The van der Waals surface area contributed by atoms with Crippen molar-refractivity contribution in [1.82, 2.24) is 4.90 Å². The second-order valence-corrected chi connectivity index (χ2v) is 4.81. The molecule has 0 bridgehead atoms. The van der Waals surface area contributed by atoms with Crippen LogP contribution in [0.2, 0.25) is 0 Å². The van der Waals surface area contributed by atoms with E-state index in [0.29, 0.717) is 13.0 Å². The van der Waals surface area contributed by atoms with Gasteiger partial charge >= 0.3 is 12.0 Å². The molecule has 5 nitrogen and oxygen atoms in total. The lowest BCUT2D eigenvalue weighted by molar-refractivity contribution is -0.137. The number of hydrogen-bond acceptors (Lipinski definition) is 2. The van der Waals surface area contributed by atoms with Crippen LogP contribution < -0.4 is 5.32 Å². The number of aryl methyl sites for hydroxylation is 2. The topological polar surface area (TPSA) is 69.6 Å². The summed E-state index contributed by atoms with van der Waals surface area (Å²) in [5.41, 5.74) is 2.97. The molecule has 0 heterocycles. The monoisotopic (exact) mass is 278 g/mol. The Balaban J connectivity index is 2.64. The van der Waals surface area contributed by atoms with Crippen LogP contribution in [0.25, 0.3) is 0 Å². The number of aliphatic carboxylic acids is 1. The van der Waals surface area contributed by atoms with E-state index in [1.807, 2.05) is 32.0 Å². The molecule has 0 aliphatic heterocycles. The second kappa shape index (κ2) is 7.53. The van der Waals surface area contributed by atoms with Crippen LogP contribution in [0.15, 0.2) is 18.2 Å². The van der Waals surface area contributed by atoms with Crippen molar-refractivity contribution in [3.8, 4) is 0 Å². The van der Waals surface area contributed by atoms with Gasteiger partial charge in [-0.05, 0) is 30.9 Å². The van der Waals surface area contributed by atoms with Crippen molar-refractivity contribution in [1.29, 1.82) is 0 Å². The molecule has 0 fully saturated rings. The molecule has 2 N–H and O–H groups in total. The lowest BCUT2D eigenvalue weighted by atomic mass is 10.1. The average Bonchev–Trinajstić information content (AvgIpc) is 2.40. The normalized spacial score (nSPS) is 10.2. The highest BCUT2D eigenvalue weighted by molar-refractivity contribution is 5.91. The van der Waals surface area contributed by atoms with Crippen molar-refractivity contribution in [3.05, 3.63) is 29.3 Å². The Hall–Kier alpha value is -2.04. The van der Waals surface area contributed by atoms with Gasteiger partial charge in [-0.2, -0.15) is 0 Å². The van der Waals surface area contributed by atoms with Crippen LogP contribution >= 0.6 is 0 Å². The number of hydrogen-bond donors (Lipinski definition) is 2. The van der Waals surface area contributed by atoms with Crippen molar-refractivity contribution < 1.29 is 14.7 Å². The van der Waals surface area contributed by atoms with E-state index in [1.54, 1.807) is 7.05 Å². The van der Waals surface area contributed by atoms with E-state index in [1.165, 1.54) is 4.90 Å². The molecule has 1 aromatic rings. The number of carboxylic acid groups (broad SMARTS) is 1. The molecule has 0 aliphatic carbocycles. The summed E-state index contributed by atoms with van der Waals surface area (Å²) in [5.74, 6) is -0.842. The van der Waals surface area contributed by atoms with Gasteiger partial charge in [0.25, 0.3) is 0 Å². The summed E-state index contributed by atoms with van der Waals surface area (Å²) < 4.78 is 0. The summed E-state index contributed by atoms with van der Waals surface area (Å²) >= 11 is 0. The molecule has 0 aliphatic rings. The van der Waals surface area contributed by atoms with Crippen LogP contribution in [0.4, 0.5) is 10.5 Å². The van der Waals surface area contributed by atoms with E-state index < -0.39 is 5.97 Å². The van der Waals surface area contributed by atoms with Crippen LogP contribution in [0, 0.1) is 6.92 Å². The minimum atomic E-state index is -0.842. The van der Waals surface area contributed by atoms with E-state index in [0.717, 1.165) is 23.2 Å². The Morgan fingerprint density at radius 2 is 2.05 bits per heavy atom. The fourth-order valence-corrected chi connectivity index (χ4v) is 1.97. The van der Waals surface area contributed by atoms with Crippen molar-refractivity contribution in [3.63, 3.8) is 0 Å². The van der Waals surface area contributed by atoms with E-state index in [2.05, 4.69) is 5.32 Å². The van der Waals surface area contributed by atoms with Gasteiger partial charge in [-0.15, -0.1) is 0 Å². The second-order valence-electron chi connectivity index (χ2n) is 4.81. The number of benzene rings is 1. The number of carbonyl (C=O) groups is 2. The molecule has 0 spiro atoms. The highest BCUT2D eigenvalue weighted by atomic mass is 16.4. The Labute approximate surface area is 119 Å². The Morgan fingerprint density at radius 3 is 2.65 bits per heavy atom. The predicted octanol–water partition coefficient (Wildman–Crippen LogP) is 2.89. The molecule has 20 heavy (non-hydrogen) atoms. The zero-order valence-electron chi connectivity index (χ0n) is 12.3. The Kier molecular flexibility index (Phi) is 6.03. The number of nitrogens with zero attached hydrogens (tertiary/aromatic N) is 1. The highest BCUT2D eigenvalue weighted by Gasteiger charge is 2.12. The Morgan fingerprint density at radius 1 is 1.35 bits per heavy atom. The standard InChI is InChI=1S/C15H22N2O3/c1-4-12-8-5-7-11(2)14(12)16-15(20)17(3)10-6-9-13(18)19/h5,7-8H,4,6,9-10H2,1-3H3,(H,16,20)(H,18,19). The molecule has 110 valence electrons. The molecular formula is C15H22N2O3. The van der Waals surface area contributed by atoms with E-state index in [9.17, 15) is 9.59 Å². The number of rotatable bonds is 6. The number of amides is 2. The van der Waals surface area contributed by atoms with Gasteiger partial charge in [-0.1, -0.05) is 25.1 Å². The van der Waals surface area contributed by atoms with Crippen molar-refractivity contribution in [2.45, 2.75) is 33.1 Å². The summed E-state index contributed by atoms with van der Waals surface area (Å²) in [6.07, 6.45) is 1.37. The first-order chi connectivity index (χ1) is 9.45. The smallest absolute Gasteiger partial charge is 0.321 e. The van der Waals surface area contributed by atoms with E-state index in [4.69, 9.17) is 5.11 Å². The molecule has 0 atom stereocenters. The number of carbonyl (C=O) groups excluding carboxylic acids is 1. The molecule has 0 aromatic heterocycles. The predicted molar refractivity (Wildman–Crippen MR) is 79.1 cm³/mol. The van der Waals surface area contributed by atoms with E-state index >= 15 is 0 Å². The van der Waals surface area contributed by atoms with Gasteiger partial charge < -0.3 is 15.3 Å². The summed E-state index contributed by atoms with van der Waals surface area (Å²) in [7, 11) is 1.67. The van der Waals surface area contributed by atoms with Gasteiger partial charge in [-0.25, -0.2) is 4.79 Å². The fraction of sp³-hybridized carbons (Fsp3) is 0.467. The maximum Gasteiger partial charge on any atom is 0.321 e. The summed E-state index contributed by atoms with van der Waals surface area (Å²) in [6.45, 7) is 4.42. The van der Waals surface area contributed by atoms with Crippen molar-refractivity contribution >= 4 is 17.7 Å². The first-order valence-electron chi connectivity index (χ1n) is 6.78. The SMILES string of the molecule is CCc1cccc(C)c1NC(=O)N(C)CCCC(=O)O. The van der Waals surface area contributed by atoms with Crippen LogP contribution in [0.3, 0.4) is 0 Å². The maximum atomic E-state index is 12.1. The molecular weight excluding hydrogens is 256 g/mol. The zero-order valence-corrected chi connectivity index (χ0v) is 12.3. The number of nitrogens with one attached hydrogen (secondary N) is 1. The molecule has 0 saturated heterocycles. The first-order valence-corrected chi connectivity index (χ1v) is 6.78. The van der Waals surface area contributed by atoms with Crippen LogP contribution in [0.5, 0.6) is 0 Å². The van der Waals surface area contributed by atoms with Crippen LogP contribution in [0.1, 0.15) is 30.9 Å². The molecule has 0 saturated carbocycles. The van der Waals surface area contributed by atoms with Crippen molar-refractivity contribution in [2.75, 3.05) is 18.9 Å². The summed E-state index contributed by atoms with van der Waals surface area (Å²) in [6, 6.07) is 5.71. The third kappa shape index (κ3) is 4.57. The van der Waals surface area contributed by atoms with Gasteiger partial charge in [0.05, 0.1) is 0 Å². The minimum Gasteiger partial charge on any atom is -0.481 e. The maximum absolute atomic E-state index is 12.1. The quantitative estimate of drug-likeness (QED) is 0.840. The summed E-state index contributed by atoms with van der Waals surface area (Å²) in [5, 5.41) is 11.5. The van der Waals surface area contributed by atoms with Gasteiger partial charge in [0.1, 0.15) is 0 Å². The summed E-state index contributed by atoms with van der Waals surface area (Å²) in [4.78, 5) is 24.0. The molecule has 0 radical (unpaired) electrons. The average molecular weight is 278 g/mol. The van der Waals surface area contributed by atoms with E-state index in [-0.39, 0.29) is 12.5 Å². The third-order valence-corrected chi connectivity index (χ3v) is 3.20. The lowest BCUT2D eigenvalue weighted by Gasteiger charge is -2.20. The first kappa shape index (κ1) is 16.0. The third-order valence-electron chi connectivity index (χ3n) is 3.20. The van der Waals surface area contributed by atoms with Crippen LogP contribution in [-0.2, 0) is 11.2 Å². The highest BCUT2D eigenvalue weighted by Crippen LogP contribution is 2.21. The number of carboxylic acids is 1. The number of anilines is 1. The van der Waals surface area contributed by atoms with Gasteiger partial charge in [-0.3, -0.25) is 4.79 Å². The molecule has 5 heteroatoms.